The van der Waals surface area contributed by atoms with Crippen molar-refractivity contribution < 1.29 is 0 Å². The van der Waals surface area contributed by atoms with Gasteiger partial charge in [-0.1, -0.05) is 54.6 Å². The molecule has 0 amide bonds. The minimum absolute atomic E-state index is 0.600. The Morgan fingerprint density at radius 1 is 0.457 bits per heavy atom. The van der Waals surface area contributed by atoms with Gasteiger partial charge in [-0.15, -0.1) is 0 Å². The van der Waals surface area contributed by atoms with Crippen LogP contribution in [0.3, 0.4) is 0 Å². The summed E-state index contributed by atoms with van der Waals surface area (Å²) in [6.45, 7) is 0. The van der Waals surface area contributed by atoms with Gasteiger partial charge in [-0.25, -0.2) is 0 Å². The molecule has 0 saturated heterocycles. The van der Waals surface area contributed by atoms with Crippen molar-refractivity contribution in [2.45, 2.75) is 0 Å². The molecule has 0 spiro atoms. The number of benzene rings is 6. The molecule has 6 nitrogen and oxygen atoms in total. The van der Waals surface area contributed by atoms with E-state index in [1.165, 1.54) is 21.5 Å². The largest absolute Gasteiger partial charge is 0.308 e. The zero-order chi connectivity index (χ0) is 30.1. The van der Waals surface area contributed by atoms with Gasteiger partial charge in [0.2, 0.25) is 0 Å². The maximum atomic E-state index is 11.0. The maximum Gasteiger partial charge on any atom is 0.104 e. The lowest BCUT2D eigenvalue weighted by molar-refractivity contribution is 1.12. The first-order valence-corrected chi connectivity index (χ1v) is 15.3. The lowest BCUT2D eigenvalue weighted by atomic mass is 9.96. The Hall–Kier alpha value is -6.58. The number of fused-ring (bicyclic) bond motifs is 6. The van der Waals surface area contributed by atoms with Gasteiger partial charge in [0.1, 0.15) is 11.6 Å². The summed E-state index contributed by atoms with van der Waals surface area (Å²) in [5, 5.41) is 22.3. The number of pyridine rings is 3. The minimum Gasteiger partial charge on any atom is -0.308 e. The molecular weight excluding hydrogens is 564 g/mol. The van der Waals surface area contributed by atoms with E-state index in [1.54, 1.807) is 0 Å². The number of rotatable bonds is 2. The van der Waals surface area contributed by atoms with Crippen LogP contribution in [-0.2, 0) is 0 Å². The molecule has 6 heteroatoms. The summed E-state index contributed by atoms with van der Waals surface area (Å²) in [5.41, 5.74) is 8.31. The van der Waals surface area contributed by atoms with Gasteiger partial charge >= 0.3 is 0 Å². The summed E-state index contributed by atoms with van der Waals surface area (Å²) in [6, 6.07) is 36.3. The molecular formula is C40H20N6. The van der Waals surface area contributed by atoms with Crippen molar-refractivity contribution >= 4 is 87.0 Å². The Balaban J connectivity index is 1.30. The molecule has 0 fully saturated rings. The first-order chi connectivity index (χ1) is 22.8. The Bertz CT molecular complexity index is 2730. The summed E-state index contributed by atoms with van der Waals surface area (Å²) in [5.74, 6) is 0. The second kappa shape index (κ2) is 8.32. The van der Waals surface area contributed by atoms with Gasteiger partial charge < -0.3 is 9.13 Å². The second-order valence-corrected chi connectivity index (χ2v) is 11.9. The standard InChI is InChI=1S/C40H20N6/c41-20-27-29(45-31-12-3-8-23-22-14-17-42-21-28(22)24-9-4-13-32(45)36(24)35(23)31)10-5-11-30(27)46-33-15-18-43-39-25-6-1-2-7-26(25)40-38(37(33)39)34(46)16-19-44-40/h1-19,21H. The van der Waals surface area contributed by atoms with Gasteiger partial charge in [-0.05, 0) is 58.6 Å². The van der Waals surface area contributed by atoms with E-state index in [0.29, 0.717) is 5.56 Å². The third kappa shape index (κ3) is 2.71. The minimum atomic E-state index is 0.600. The Morgan fingerprint density at radius 3 is 1.57 bits per heavy atom. The summed E-state index contributed by atoms with van der Waals surface area (Å²) < 4.78 is 4.49. The zero-order valence-corrected chi connectivity index (χ0v) is 24.2. The van der Waals surface area contributed by atoms with Crippen LogP contribution < -0.4 is 0 Å². The molecule has 0 aliphatic carbocycles. The van der Waals surface area contributed by atoms with Gasteiger partial charge in [-0.2, -0.15) is 5.26 Å². The SMILES string of the molecule is N#Cc1c(-n2c3cccc4c5ccncc5c5cccc2c5c43)cccc1-n1c2ccnc3c4ccccc4c4nccc1c4c32. The average molecular weight is 585 g/mol. The molecule has 0 radical (unpaired) electrons. The molecule has 210 valence electrons. The zero-order valence-electron chi connectivity index (χ0n) is 24.2. The van der Waals surface area contributed by atoms with Crippen molar-refractivity contribution in [1.82, 2.24) is 24.1 Å². The van der Waals surface area contributed by atoms with Crippen molar-refractivity contribution in [3.05, 3.63) is 127 Å². The normalized spacial score (nSPS) is 12.3. The summed E-state index contributed by atoms with van der Waals surface area (Å²) >= 11 is 0. The summed E-state index contributed by atoms with van der Waals surface area (Å²) in [7, 11) is 0. The molecule has 11 aromatic rings. The van der Waals surface area contributed by atoms with Crippen LogP contribution in [0, 0.1) is 11.3 Å². The highest BCUT2D eigenvalue weighted by Crippen LogP contribution is 2.45. The van der Waals surface area contributed by atoms with Crippen molar-refractivity contribution in [2.75, 3.05) is 0 Å². The fraction of sp³-hybridized carbons (Fsp3) is 0. The number of hydrogen-bond acceptors (Lipinski definition) is 4. The third-order valence-corrected chi connectivity index (χ3v) is 9.86. The van der Waals surface area contributed by atoms with Crippen LogP contribution in [0.1, 0.15) is 5.56 Å². The van der Waals surface area contributed by atoms with E-state index in [-0.39, 0.29) is 0 Å². The molecule has 46 heavy (non-hydrogen) atoms. The Labute approximate surface area is 260 Å². The first kappa shape index (κ1) is 23.8. The van der Waals surface area contributed by atoms with Crippen LogP contribution in [0.25, 0.3) is 98.3 Å². The summed E-state index contributed by atoms with van der Waals surface area (Å²) in [4.78, 5) is 14.2. The third-order valence-electron chi connectivity index (χ3n) is 9.86. The molecule has 11 rings (SSSR count). The van der Waals surface area contributed by atoms with Crippen LogP contribution in [0.5, 0.6) is 0 Å². The van der Waals surface area contributed by atoms with Crippen LogP contribution >= 0.6 is 0 Å². The van der Waals surface area contributed by atoms with Crippen LogP contribution in [0.15, 0.2) is 122 Å². The lowest BCUT2D eigenvalue weighted by Crippen LogP contribution is -2.04. The lowest BCUT2D eigenvalue weighted by Gasteiger charge is -2.15. The number of hydrogen-bond donors (Lipinski definition) is 0. The highest BCUT2D eigenvalue weighted by atomic mass is 15.0. The van der Waals surface area contributed by atoms with E-state index in [9.17, 15) is 5.26 Å². The van der Waals surface area contributed by atoms with Gasteiger partial charge in [0.25, 0.3) is 0 Å². The fourth-order valence-electron chi connectivity index (χ4n) is 8.14. The first-order valence-electron chi connectivity index (χ1n) is 15.3. The molecule has 6 aromatic carbocycles. The molecule has 0 atom stereocenters. The van der Waals surface area contributed by atoms with Gasteiger partial charge in [0, 0.05) is 62.5 Å². The quantitative estimate of drug-likeness (QED) is 0.190. The van der Waals surface area contributed by atoms with Gasteiger partial charge in [0.15, 0.2) is 0 Å². The molecule has 0 bridgehead atoms. The highest BCUT2D eigenvalue weighted by molar-refractivity contribution is 6.35. The van der Waals surface area contributed by atoms with Crippen molar-refractivity contribution in [3.8, 4) is 17.4 Å². The topological polar surface area (TPSA) is 72.3 Å². The smallest absolute Gasteiger partial charge is 0.104 e. The predicted molar refractivity (Wildman–Crippen MR) is 186 cm³/mol. The molecule has 0 N–H and O–H groups in total. The van der Waals surface area contributed by atoms with Crippen LogP contribution in [0.2, 0.25) is 0 Å². The monoisotopic (exact) mass is 584 g/mol. The summed E-state index contributed by atoms with van der Waals surface area (Å²) in [6.07, 6.45) is 7.57. The predicted octanol–water partition coefficient (Wildman–Crippen LogP) is 9.43. The number of aromatic nitrogens is 5. The van der Waals surface area contributed by atoms with E-state index in [0.717, 1.165) is 76.8 Å². The van der Waals surface area contributed by atoms with Crippen molar-refractivity contribution in [2.24, 2.45) is 0 Å². The molecule has 5 heterocycles. The van der Waals surface area contributed by atoms with E-state index in [2.05, 4.69) is 105 Å². The number of nitriles is 1. The second-order valence-electron chi connectivity index (χ2n) is 11.9. The molecule has 0 aliphatic rings. The van der Waals surface area contributed by atoms with Gasteiger partial charge in [0.05, 0.1) is 44.5 Å². The van der Waals surface area contributed by atoms with Crippen LogP contribution in [0.4, 0.5) is 0 Å². The highest BCUT2D eigenvalue weighted by Gasteiger charge is 2.25. The average Bonchev–Trinajstić information content (AvgIpc) is 3.64. The van der Waals surface area contributed by atoms with E-state index < -0.39 is 0 Å². The molecule has 0 aliphatic heterocycles. The molecule has 0 unspecified atom stereocenters. The molecule has 5 aromatic heterocycles. The maximum absolute atomic E-state index is 11.0. The Morgan fingerprint density at radius 2 is 0.978 bits per heavy atom. The van der Waals surface area contributed by atoms with E-state index in [1.807, 2.05) is 36.9 Å². The Kier molecular flexibility index (Phi) is 4.31. The van der Waals surface area contributed by atoms with Crippen molar-refractivity contribution in [3.63, 3.8) is 0 Å². The molecule has 0 saturated carbocycles. The van der Waals surface area contributed by atoms with Crippen molar-refractivity contribution in [1.29, 1.82) is 5.26 Å². The fourth-order valence-corrected chi connectivity index (χ4v) is 8.14. The van der Waals surface area contributed by atoms with E-state index in [4.69, 9.17) is 9.97 Å². The number of nitrogens with zero attached hydrogens (tertiary/aromatic N) is 6. The van der Waals surface area contributed by atoms with E-state index >= 15 is 0 Å². The van der Waals surface area contributed by atoms with Crippen LogP contribution in [-0.4, -0.2) is 24.1 Å². The van der Waals surface area contributed by atoms with Gasteiger partial charge in [-0.3, -0.25) is 15.0 Å².